The van der Waals surface area contributed by atoms with E-state index in [0.717, 1.165) is 0 Å². The summed E-state index contributed by atoms with van der Waals surface area (Å²) in [4.78, 5) is 10.3. The first-order chi connectivity index (χ1) is 6.11. The van der Waals surface area contributed by atoms with Crippen LogP contribution in [0.1, 0.15) is 11.1 Å². The largest absolute Gasteiger partial charge is 0.359 e. The molecule has 0 bridgehead atoms. The molecule has 0 aromatic heterocycles. The zero-order valence-corrected chi connectivity index (χ0v) is 7.10. The van der Waals surface area contributed by atoms with E-state index < -0.39 is 5.91 Å². The van der Waals surface area contributed by atoms with Crippen LogP contribution in [0.5, 0.6) is 0 Å². The number of primary amides is 1. The number of halogens is 1. The molecular formula is C10H8FNO. The Morgan fingerprint density at radius 3 is 2.85 bits per heavy atom. The van der Waals surface area contributed by atoms with Gasteiger partial charge in [-0.2, -0.15) is 0 Å². The topological polar surface area (TPSA) is 43.1 Å². The Bertz CT molecular complexity index is 401. The van der Waals surface area contributed by atoms with Crippen LogP contribution in [0.3, 0.4) is 0 Å². The van der Waals surface area contributed by atoms with Crippen LogP contribution in [-0.2, 0) is 4.79 Å². The third kappa shape index (κ3) is 2.31. The molecule has 1 rings (SSSR count). The van der Waals surface area contributed by atoms with E-state index in [-0.39, 0.29) is 5.82 Å². The van der Waals surface area contributed by atoms with Gasteiger partial charge < -0.3 is 5.73 Å². The molecule has 0 aliphatic rings. The van der Waals surface area contributed by atoms with Crippen LogP contribution in [-0.4, -0.2) is 5.91 Å². The fourth-order valence-electron chi connectivity index (χ4n) is 0.872. The highest BCUT2D eigenvalue weighted by Gasteiger charge is 1.99. The van der Waals surface area contributed by atoms with Crippen molar-refractivity contribution < 1.29 is 9.18 Å². The number of amides is 1. The number of carbonyl (C=O) groups is 1. The van der Waals surface area contributed by atoms with Gasteiger partial charge in [0.25, 0.3) is 5.91 Å². The van der Waals surface area contributed by atoms with Gasteiger partial charge in [-0.15, -0.1) is 0 Å². The molecule has 0 heterocycles. The van der Waals surface area contributed by atoms with E-state index in [0.29, 0.717) is 11.1 Å². The normalized spacial score (nSPS) is 8.77. The Morgan fingerprint density at radius 2 is 2.23 bits per heavy atom. The van der Waals surface area contributed by atoms with E-state index in [1.54, 1.807) is 13.0 Å². The molecule has 0 saturated heterocycles. The lowest BCUT2D eigenvalue weighted by molar-refractivity contribution is -0.112. The van der Waals surface area contributed by atoms with Gasteiger partial charge in [0.2, 0.25) is 0 Å². The highest BCUT2D eigenvalue weighted by atomic mass is 19.1. The summed E-state index contributed by atoms with van der Waals surface area (Å²) in [6.45, 7) is 1.60. The first kappa shape index (κ1) is 9.27. The standard InChI is InChI=1S/C10H8FNO/c1-7-8(5-6-10(12)13)3-2-4-9(7)11/h2-4H,1H3,(H2,12,13). The van der Waals surface area contributed by atoms with Crippen molar-refractivity contribution >= 4 is 5.91 Å². The summed E-state index contributed by atoms with van der Waals surface area (Å²) >= 11 is 0. The van der Waals surface area contributed by atoms with Gasteiger partial charge in [-0.25, -0.2) is 4.39 Å². The lowest BCUT2D eigenvalue weighted by Crippen LogP contribution is -2.06. The lowest BCUT2D eigenvalue weighted by atomic mass is 10.1. The number of rotatable bonds is 0. The van der Waals surface area contributed by atoms with Gasteiger partial charge in [0.15, 0.2) is 0 Å². The fraction of sp³-hybridized carbons (Fsp3) is 0.100. The second kappa shape index (κ2) is 3.72. The van der Waals surface area contributed by atoms with Crippen LogP contribution in [0.15, 0.2) is 18.2 Å². The maximum Gasteiger partial charge on any atom is 0.293 e. The maximum absolute atomic E-state index is 12.9. The zero-order chi connectivity index (χ0) is 9.84. The van der Waals surface area contributed by atoms with Crippen LogP contribution in [0.25, 0.3) is 0 Å². The Labute approximate surface area is 75.6 Å². The molecule has 13 heavy (non-hydrogen) atoms. The molecule has 2 nitrogen and oxygen atoms in total. The van der Waals surface area contributed by atoms with Gasteiger partial charge >= 0.3 is 0 Å². The molecule has 0 aliphatic heterocycles. The predicted octanol–water partition coefficient (Wildman–Crippen LogP) is 0.971. The molecule has 1 aromatic carbocycles. The van der Waals surface area contributed by atoms with E-state index >= 15 is 0 Å². The highest BCUT2D eigenvalue weighted by molar-refractivity contribution is 5.92. The monoisotopic (exact) mass is 177 g/mol. The molecule has 0 spiro atoms. The van der Waals surface area contributed by atoms with Crippen LogP contribution >= 0.6 is 0 Å². The molecule has 66 valence electrons. The molecule has 0 unspecified atom stereocenters. The minimum atomic E-state index is -0.719. The summed E-state index contributed by atoms with van der Waals surface area (Å²) in [6, 6.07) is 4.51. The van der Waals surface area contributed by atoms with Crippen LogP contribution in [0, 0.1) is 24.6 Å². The third-order valence-electron chi connectivity index (χ3n) is 1.59. The average molecular weight is 177 g/mol. The SMILES string of the molecule is Cc1c(F)cccc1C#CC(N)=O. The quantitative estimate of drug-likeness (QED) is 0.589. The smallest absolute Gasteiger partial charge is 0.293 e. The summed E-state index contributed by atoms with van der Waals surface area (Å²) in [6.07, 6.45) is 0. The average Bonchev–Trinajstić information content (AvgIpc) is 2.07. The van der Waals surface area contributed by atoms with Gasteiger partial charge in [0, 0.05) is 11.1 Å². The molecule has 0 atom stereocenters. The van der Waals surface area contributed by atoms with Gasteiger partial charge in [-0.3, -0.25) is 4.79 Å². The Morgan fingerprint density at radius 1 is 1.54 bits per heavy atom. The van der Waals surface area contributed by atoms with Gasteiger partial charge in [-0.1, -0.05) is 12.0 Å². The highest BCUT2D eigenvalue weighted by Crippen LogP contribution is 2.10. The summed E-state index contributed by atoms with van der Waals surface area (Å²) in [5.74, 6) is 3.59. The molecule has 0 aliphatic carbocycles. The van der Waals surface area contributed by atoms with E-state index in [4.69, 9.17) is 5.73 Å². The van der Waals surface area contributed by atoms with E-state index in [1.807, 2.05) is 0 Å². The number of nitrogens with two attached hydrogens (primary N) is 1. The molecule has 3 heteroatoms. The van der Waals surface area contributed by atoms with Crippen LogP contribution in [0.4, 0.5) is 4.39 Å². The summed E-state index contributed by atoms with van der Waals surface area (Å²) in [5, 5.41) is 0. The van der Waals surface area contributed by atoms with Gasteiger partial charge in [-0.05, 0) is 25.0 Å². The van der Waals surface area contributed by atoms with E-state index in [1.165, 1.54) is 12.1 Å². The van der Waals surface area contributed by atoms with Crippen molar-refractivity contribution in [2.24, 2.45) is 5.73 Å². The van der Waals surface area contributed by atoms with Crippen molar-refractivity contribution in [2.75, 3.05) is 0 Å². The van der Waals surface area contributed by atoms with Crippen LogP contribution in [0.2, 0.25) is 0 Å². The summed E-state index contributed by atoms with van der Waals surface area (Å²) < 4.78 is 12.9. The molecule has 1 amide bonds. The van der Waals surface area contributed by atoms with Crippen molar-refractivity contribution in [1.82, 2.24) is 0 Å². The number of hydrogen-bond acceptors (Lipinski definition) is 1. The third-order valence-corrected chi connectivity index (χ3v) is 1.59. The maximum atomic E-state index is 12.9. The second-order valence-electron chi connectivity index (χ2n) is 2.53. The number of carbonyl (C=O) groups excluding carboxylic acids is 1. The Kier molecular flexibility index (Phi) is 2.65. The zero-order valence-electron chi connectivity index (χ0n) is 7.10. The summed E-state index contributed by atoms with van der Waals surface area (Å²) in [7, 11) is 0. The first-order valence-corrected chi connectivity index (χ1v) is 3.68. The Balaban J connectivity index is 3.11. The second-order valence-corrected chi connectivity index (χ2v) is 2.53. The fourth-order valence-corrected chi connectivity index (χ4v) is 0.872. The van der Waals surface area contributed by atoms with E-state index in [2.05, 4.69) is 11.8 Å². The molecular weight excluding hydrogens is 169 g/mol. The molecule has 0 saturated carbocycles. The molecule has 1 aromatic rings. The minimum absolute atomic E-state index is 0.337. The van der Waals surface area contributed by atoms with Crippen molar-refractivity contribution in [2.45, 2.75) is 6.92 Å². The molecule has 2 N–H and O–H groups in total. The van der Waals surface area contributed by atoms with Crippen molar-refractivity contribution in [1.29, 1.82) is 0 Å². The van der Waals surface area contributed by atoms with Crippen LogP contribution < -0.4 is 5.73 Å². The van der Waals surface area contributed by atoms with Crippen molar-refractivity contribution in [3.63, 3.8) is 0 Å². The predicted molar refractivity (Wildman–Crippen MR) is 47.2 cm³/mol. The summed E-state index contributed by atoms with van der Waals surface area (Å²) in [5.41, 5.74) is 5.73. The Hall–Kier alpha value is -1.82. The first-order valence-electron chi connectivity index (χ1n) is 3.68. The lowest BCUT2D eigenvalue weighted by Gasteiger charge is -1.97. The number of benzene rings is 1. The van der Waals surface area contributed by atoms with Gasteiger partial charge in [0.1, 0.15) is 5.82 Å². The van der Waals surface area contributed by atoms with Crippen molar-refractivity contribution in [3.05, 3.63) is 35.1 Å². The van der Waals surface area contributed by atoms with Crippen molar-refractivity contribution in [3.8, 4) is 11.8 Å². The minimum Gasteiger partial charge on any atom is -0.359 e. The number of hydrogen-bond donors (Lipinski definition) is 1. The van der Waals surface area contributed by atoms with E-state index in [9.17, 15) is 9.18 Å². The molecule has 0 radical (unpaired) electrons. The van der Waals surface area contributed by atoms with Gasteiger partial charge in [0.05, 0.1) is 0 Å². The molecule has 0 fully saturated rings.